The number of likely N-dealkylation sites (tertiary alicyclic amines) is 1. The predicted molar refractivity (Wildman–Crippen MR) is 150 cm³/mol. The van der Waals surface area contributed by atoms with Crippen molar-refractivity contribution in [2.45, 2.75) is 78.0 Å². The second-order valence-electron chi connectivity index (χ2n) is 11.2. The van der Waals surface area contributed by atoms with E-state index in [4.69, 9.17) is 14.8 Å². The molecule has 38 heavy (non-hydrogen) atoms. The number of aryl methyl sites for hydroxylation is 3. The fourth-order valence-electron chi connectivity index (χ4n) is 5.78. The van der Waals surface area contributed by atoms with Crippen molar-refractivity contribution in [2.75, 3.05) is 31.6 Å². The molecule has 1 fully saturated rings. The van der Waals surface area contributed by atoms with Crippen molar-refractivity contribution >= 4 is 22.7 Å². The highest BCUT2D eigenvalue weighted by Crippen LogP contribution is 2.34. The van der Waals surface area contributed by atoms with Crippen LogP contribution in [-0.4, -0.2) is 63.1 Å². The molecule has 2 aliphatic rings. The smallest absolute Gasteiger partial charge is 0.325 e. The van der Waals surface area contributed by atoms with Crippen LogP contribution in [0.25, 0.3) is 10.9 Å². The maximum Gasteiger partial charge on any atom is 0.325 e. The third-order valence-electron chi connectivity index (χ3n) is 7.68. The number of unbranched alkanes of at least 4 members (excludes halogenated alkanes) is 2. The number of fused-ring (bicyclic) bond motifs is 2. The Bertz CT molecular complexity index is 1260. The summed E-state index contributed by atoms with van der Waals surface area (Å²) in [4.78, 5) is 19.2. The van der Waals surface area contributed by atoms with E-state index < -0.39 is 12.0 Å². The number of hydrogen-bond donors (Lipinski definition) is 2. The summed E-state index contributed by atoms with van der Waals surface area (Å²) in [7, 11) is 0. The number of ether oxygens (including phenoxy) is 1. The summed E-state index contributed by atoms with van der Waals surface area (Å²) in [5.74, 6) is 0.710. The minimum absolute atomic E-state index is 0.0919. The average molecular weight is 520 g/mol. The number of benzene rings is 1. The molecule has 1 aromatic carbocycles. The van der Waals surface area contributed by atoms with Crippen molar-refractivity contribution in [2.24, 2.45) is 5.92 Å². The second-order valence-corrected chi connectivity index (χ2v) is 11.2. The van der Waals surface area contributed by atoms with Gasteiger partial charge < -0.3 is 15.2 Å². The highest BCUT2D eigenvalue weighted by molar-refractivity contribution is 5.90. The van der Waals surface area contributed by atoms with Crippen molar-refractivity contribution in [1.82, 2.24) is 19.7 Å². The molecule has 2 N–H and O–H groups in total. The molecule has 8 heteroatoms. The zero-order chi connectivity index (χ0) is 26.6. The molecule has 3 aromatic rings. The van der Waals surface area contributed by atoms with E-state index in [-0.39, 0.29) is 6.10 Å². The fraction of sp³-hybridized carbons (Fsp3) is 0.567. The number of rotatable bonds is 12. The fourth-order valence-corrected chi connectivity index (χ4v) is 5.78. The zero-order valence-corrected chi connectivity index (χ0v) is 22.9. The third kappa shape index (κ3) is 5.86. The van der Waals surface area contributed by atoms with Gasteiger partial charge >= 0.3 is 5.97 Å². The van der Waals surface area contributed by atoms with E-state index in [1.165, 1.54) is 12.0 Å². The molecule has 4 heterocycles. The van der Waals surface area contributed by atoms with Crippen LogP contribution in [-0.2, 0) is 28.9 Å². The standard InChI is InChI=1S/C30H41N5O3/c1-20(2)17-35-26-12-7-11-25(27(26)21(3)33-35)28(30(36)37)34-18-24(19-34)38-16-6-4-5-10-23-14-13-22-9-8-15-31-29(22)32-23/h7,11-14,20,24,28H,4-6,8-10,15-19H2,1-3H3,(H,31,32)(H,36,37). The first-order valence-corrected chi connectivity index (χ1v) is 14.2. The molecule has 204 valence electrons. The maximum atomic E-state index is 12.4. The first-order valence-electron chi connectivity index (χ1n) is 14.2. The minimum Gasteiger partial charge on any atom is -0.480 e. The third-order valence-corrected chi connectivity index (χ3v) is 7.68. The number of carboxylic acid groups (broad SMARTS) is 1. The van der Waals surface area contributed by atoms with Gasteiger partial charge in [-0.1, -0.05) is 38.5 Å². The number of hydrogen-bond acceptors (Lipinski definition) is 6. The van der Waals surface area contributed by atoms with Crippen molar-refractivity contribution in [3.63, 3.8) is 0 Å². The monoisotopic (exact) mass is 519 g/mol. The van der Waals surface area contributed by atoms with Gasteiger partial charge in [-0.3, -0.25) is 14.4 Å². The SMILES string of the molecule is Cc1nn(CC(C)C)c2cccc(C(C(=O)O)N3CC(OCCCCCc4ccc5c(n4)NCCC5)C3)c12. The lowest BCUT2D eigenvalue weighted by Crippen LogP contribution is -2.55. The highest BCUT2D eigenvalue weighted by Gasteiger charge is 2.38. The molecule has 0 radical (unpaired) electrons. The molecule has 8 nitrogen and oxygen atoms in total. The van der Waals surface area contributed by atoms with Gasteiger partial charge in [0.25, 0.3) is 0 Å². The lowest BCUT2D eigenvalue weighted by Gasteiger charge is -2.42. The first kappa shape index (κ1) is 26.6. The van der Waals surface area contributed by atoms with Crippen LogP contribution in [0.5, 0.6) is 0 Å². The van der Waals surface area contributed by atoms with Crippen molar-refractivity contribution in [1.29, 1.82) is 0 Å². The summed E-state index contributed by atoms with van der Waals surface area (Å²) in [6.07, 6.45) is 6.60. The van der Waals surface area contributed by atoms with Gasteiger partial charge in [-0.2, -0.15) is 5.10 Å². The van der Waals surface area contributed by atoms with Crippen molar-refractivity contribution in [3.05, 3.63) is 52.8 Å². The molecule has 1 saturated heterocycles. The first-order chi connectivity index (χ1) is 18.4. The largest absolute Gasteiger partial charge is 0.480 e. The average Bonchev–Trinajstić information content (AvgIpc) is 3.18. The van der Waals surface area contributed by atoms with E-state index in [1.807, 2.05) is 34.7 Å². The summed E-state index contributed by atoms with van der Waals surface area (Å²) in [5.41, 5.74) is 5.22. The Hall–Kier alpha value is -2.97. The van der Waals surface area contributed by atoms with Crippen LogP contribution in [0.1, 0.15) is 68.1 Å². The molecule has 1 unspecified atom stereocenters. The molecule has 5 rings (SSSR count). The molecule has 2 aliphatic heterocycles. The second kappa shape index (κ2) is 11.8. The summed E-state index contributed by atoms with van der Waals surface area (Å²) < 4.78 is 8.10. The van der Waals surface area contributed by atoms with E-state index in [0.717, 1.165) is 78.9 Å². The van der Waals surface area contributed by atoms with E-state index in [0.29, 0.717) is 25.6 Å². The van der Waals surface area contributed by atoms with Gasteiger partial charge in [0.05, 0.1) is 17.3 Å². The van der Waals surface area contributed by atoms with Crippen molar-refractivity contribution in [3.8, 4) is 0 Å². The lowest BCUT2D eigenvalue weighted by atomic mass is 9.96. The Kier molecular flexibility index (Phi) is 8.29. The molecule has 0 aliphatic carbocycles. The van der Waals surface area contributed by atoms with Gasteiger partial charge in [-0.15, -0.1) is 0 Å². The number of nitrogens with zero attached hydrogens (tertiary/aromatic N) is 4. The highest BCUT2D eigenvalue weighted by atomic mass is 16.5. The predicted octanol–water partition coefficient (Wildman–Crippen LogP) is 4.99. The normalized spacial score (nSPS) is 16.8. The molecule has 0 bridgehead atoms. The van der Waals surface area contributed by atoms with E-state index in [1.54, 1.807) is 0 Å². The summed E-state index contributed by atoms with van der Waals surface area (Å²) in [5, 5.41) is 19.3. The molecule has 0 amide bonds. The number of pyridine rings is 1. The number of aliphatic carboxylic acids is 1. The van der Waals surface area contributed by atoms with Gasteiger partial charge in [0, 0.05) is 43.9 Å². The van der Waals surface area contributed by atoms with Crippen LogP contribution in [0, 0.1) is 12.8 Å². The molecule has 0 saturated carbocycles. The summed E-state index contributed by atoms with van der Waals surface area (Å²) in [6, 6.07) is 9.64. The van der Waals surface area contributed by atoms with E-state index >= 15 is 0 Å². The molecule has 0 spiro atoms. The molecular formula is C30H41N5O3. The van der Waals surface area contributed by atoms with E-state index in [9.17, 15) is 9.90 Å². The van der Waals surface area contributed by atoms with Crippen molar-refractivity contribution < 1.29 is 14.6 Å². The Morgan fingerprint density at radius 2 is 2.03 bits per heavy atom. The Labute approximate surface area is 225 Å². The van der Waals surface area contributed by atoms with Gasteiger partial charge in [-0.05, 0) is 68.2 Å². The number of carboxylic acids is 1. The number of anilines is 1. The van der Waals surface area contributed by atoms with Gasteiger partial charge in [-0.25, -0.2) is 4.98 Å². The topological polar surface area (TPSA) is 92.5 Å². The molecule has 1 atom stereocenters. The molecule has 2 aromatic heterocycles. The minimum atomic E-state index is -0.821. The van der Waals surface area contributed by atoms with Crippen LogP contribution in [0.3, 0.4) is 0 Å². The van der Waals surface area contributed by atoms with Crippen LogP contribution in [0.2, 0.25) is 0 Å². The van der Waals surface area contributed by atoms with Gasteiger partial charge in [0.15, 0.2) is 0 Å². The van der Waals surface area contributed by atoms with E-state index in [2.05, 4.69) is 31.3 Å². The Balaban J connectivity index is 1.09. The van der Waals surface area contributed by atoms with Crippen LogP contribution in [0.15, 0.2) is 30.3 Å². The summed E-state index contributed by atoms with van der Waals surface area (Å²) in [6.45, 7) is 10.1. The number of nitrogens with one attached hydrogen (secondary N) is 1. The quantitative estimate of drug-likeness (QED) is 0.326. The Morgan fingerprint density at radius 3 is 2.82 bits per heavy atom. The maximum absolute atomic E-state index is 12.4. The summed E-state index contributed by atoms with van der Waals surface area (Å²) >= 11 is 0. The zero-order valence-electron chi connectivity index (χ0n) is 22.9. The van der Waals surface area contributed by atoms with Crippen LogP contribution < -0.4 is 5.32 Å². The molecular weight excluding hydrogens is 478 g/mol. The Morgan fingerprint density at radius 1 is 1.18 bits per heavy atom. The van der Waals surface area contributed by atoms with Gasteiger partial charge in [0.2, 0.25) is 0 Å². The van der Waals surface area contributed by atoms with Crippen LogP contribution >= 0.6 is 0 Å². The number of aromatic nitrogens is 3. The van der Waals surface area contributed by atoms with Crippen LogP contribution in [0.4, 0.5) is 5.82 Å². The number of carbonyl (C=O) groups is 1. The van der Waals surface area contributed by atoms with Gasteiger partial charge in [0.1, 0.15) is 11.9 Å². The lowest BCUT2D eigenvalue weighted by molar-refractivity contribution is -0.150.